The Bertz CT molecular complexity index is 902. The number of anilines is 1. The first kappa shape index (κ1) is 17.7. The van der Waals surface area contributed by atoms with Gasteiger partial charge in [0.15, 0.2) is 5.78 Å². The largest absolute Gasteiger partial charge is 0.362 e. The highest BCUT2D eigenvalue weighted by molar-refractivity contribution is 7.92. The summed E-state index contributed by atoms with van der Waals surface area (Å²) in [6.45, 7) is 5.49. The number of carbonyl (C=O) groups is 1. The van der Waals surface area contributed by atoms with Gasteiger partial charge in [0, 0.05) is 36.6 Å². The summed E-state index contributed by atoms with van der Waals surface area (Å²) in [6.07, 6.45) is 1.22. The Kier molecular flexibility index (Phi) is 4.71. The van der Waals surface area contributed by atoms with Crippen LogP contribution in [0.1, 0.15) is 27.3 Å². The van der Waals surface area contributed by atoms with E-state index in [1.807, 2.05) is 49.1 Å². The predicted octanol–water partition coefficient (Wildman–Crippen LogP) is 2.10. The predicted molar refractivity (Wildman–Crippen MR) is 98.5 cm³/mol. The van der Waals surface area contributed by atoms with Gasteiger partial charge < -0.3 is 4.98 Å². The van der Waals surface area contributed by atoms with E-state index in [-0.39, 0.29) is 12.3 Å². The van der Waals surface area contributed by atoms with Crippen LogP contribution in [0.15, 0.2) is 30.3 Å². The van der Waals surface area contributed by atoms with Crippen molar-refractivity contribution in [2.45, 2.75) is 20.4 Å². The molecule has 134 valence electrons. The number of benzene rings is 1. The lowest BCUT2D eigenvalue weighted by Crippen LogP contribution is -2.37. The molecule has 0 fully saturated rings. The molecule has 0 unspecified atom stereocenters. The molecular weight excluding hydrogens is 338 g/mol. The summed E-state index contributed by atoms with van der Waals surface area (Å²) in [5.74, 6) is 0.0483. The van der Waals surface area contributed by atoms with Crippen molar-refractivity contribution < 1.29 is 13.2 Å². The quantitative estimate of drug-likeness (QED) is 0.847. The lowest BCUT2D eigenvalue weighted by Gasteiger charge is -2.22. The van der Waals surface area contributed by atoms with Crippen LogP contribution in [-0.4, -0.2) is 50.0 Å². The molecule has 1 N–H and O–H groups in total. The van der Waals surface area contributed by atoms with Crippen molar-refractivity contribution in [2.24, 2.45) is 0 Å². The second-order valence-corrected chi connectivity index (χ2v) is 8.50. The highest BCUT2D eigenvalue weighted by Gasteiger charge is 2.26. The van der Waals surface area contributed by atoms with Gasteiger partial charge in [-0.3, -0.25) is 14.0 Å². The molecule has 1 aromatic heterocycles. The molecule has 6 nitrogen and oxygen atoms in total. The van der Waals surface area contributed by atoms with Crippen LogP contribution in [-0.2, 0) is 16.6 Å². The van der Waals surface area contributed by atoms with E-state index < -0.39 is 10.0 Å². The van der Waals surface area contributed by atoms with Gasteiger partial charge in [0.1, 0.15) is 0 Å². The van der Waals surface area contributed by atoms with Gasteiger partial charge in [0.05, 0.1) is 18.5 Å². The average Bonchev–Trinajstić information content (AvgIpc) is 2.75. The molecule has 2 heterocycles. The fourth-order valence-electron chi connectivity index (χ4n) is 3.34. The van der Waals surface area contributed by atoms with E-state index in [1.165, 1.54) is 10.6 Å². The number of ketones is 1. The Morgan fingerprint density at radius 1 is 1.20 bits per heavy atom. The van der Waals surface area contributed by atoms with Gasteiger partial charge in [-0.05, 0) is 31.5 Å². The van der Waals surface area contributed by atoms with Gasteiger partial charge in [-0.15, -0.1) is 0 Å². The SMILES string of the molecule is Cc1cc(C(=O)CN2CCN(S(C)(=O)=O)c3ccccc3C2)c(C)[nH]1. The number of nitrogens with one attached hydrogen (secondary N) is 1. The number of H-pyrrole nitrogens is 1. The number of fused-ring (bicyclic) bond motifs is 1. The van der Waals surface area contributed by atoms with Crippen LogP contribution in [0.4, 0.5) is 5.69 Å². The molecule has 7 heteroatoms. The van der Waals surface area contributed by atoms with Crippen molar-refractivity contribution in [1.82, 2.24) is 9.88 Å². The Balaban J connectivity index is 1.84. The van der Waals surface area contributed by atoms with Gasteiger partial charge in [0.2, 0.25) is 10.0 Å². The number of hydrogen-bond acceptors (Lipinski definition) is 4. The number of Topliss-reactive ketones (excluding diaryl/α,β-unsaturated/α-hetero) is 1. The van der Waals surface area contributed by atoms with Crippen LogP contribution < -0.4 is 4.31 Å². The number of hydrogen-bond donors (Lipinski definition) is 1. The summed E-state index contributed by atoms with van der Waals surface area (Å²) < 4.78 is 25.7. The molecule has 0 aliphatic carbocycles. The minimum atomic E-state index is -3.35. The molecule has 1 aromatic carbocycles. The van der Waals surface area contributed by atoms with E-state index in [9.17, 15) is 13.2 Å². The molecule has 2 aromatic rings. The summed E-state index contributed by atoms with van der Waals surface area (Å²) in [5, 5.41) is 0. The number of aromatic nitrogens is 1. The monoisotopic (exact) mass is 361 g/mol. The van der Waals surface area contributed by atoms with Crippen molar-refractivity contribution in [3.05, 3.63) is 52.8 Å². The molecule has 0 saturated heterocycles. The first-order chi connectivity index (χ1) is 11.8. The zero-order chi connectivity index (χ0) is 18.2. The minimum Gasteiger partial charge on any atom is -0.362 e. The molecule has 0 spiro atoms. The number of para-hydroxylation sites is 1. The number of sulfonamides is 1. The van der Waals surface area contributed by atoms with Crippen LogP contribution in [0, 0.1) is 13.8 Å². The van der Waals surface area contributed by atoms with E-state index in [2.05, 4.69) is 4.98 Å². The zero-order valence-corrected chi connectivity index (χ0v) is 15.6. The summed E-state index contributed by atoms with van der Waals surface area (Å²) in [5.41, 5.74) is 4.16. The number of rotatable bonds is 4. The minimum absolute atomic E-state index is 0.0483. The summed E-state index contributed by atoms with van der Waals surface area (Å²) >= 11 is 0. The normalized spacial score (nSPS) is 15.7. The summed E-state index contributed by atoms with van der Waals surface area (Å²) in [4.78, 5) is 17.8. The number of carbonyl (C=O) groups excluding carboxylic acids is 1. The molecule has 0 radical (unpaired) electrons. The van der Waals surface area contributed by atoms with Crippen LogP contribution in [0.3, 0.4) is 0 Å². The van der Waals surface area contributed by atoms with Crippen LogP contribution in [0.2, 0.25) is 0 Å². The second-order valence-electron chi connectivity index (χ2n) is 6.59. The van der Waals surface area contributed by atoms with Gasteiger partial charge in [0.25, 0.3) is 0 Å². The van der Waals surface area contributed by atoms with Crippen LogP contribution >= 0.6 is 0 Å². The van der Waals surface area contributed by atoms with Crippen molar-refractivity contribution in [2.75, 3.05) is 30.2 Å². The van der Waals surface area contributed by atoms with Gasteiger partial charge in [-0.1, -0.05) is 18.2 Å². The highest BCUT2D eigenvalue weighted by Crippen LogP contribution is 2.27. The van der Waals surface area contributed by atoms with Gasteiger partial charge >= 0.3 is 0 Å². The van der Waals surface area contributed by atoms with Gasteiger partial charge in [-0.2, -0.15) is 0 Å². The molecule has 0 saturated carbocycles. The Labute approximate surface area is 148 Å². The Morgan fingerprint density at radius 2 is 1.92 bits per heavy atom. The summed E-state index contributed by atoms with van der Waals surface area (Å²) in [7, 11) is -3.35. The Morgan fingerprint density at radius 3 is 2.56 bits per heavy atom. The molecule has 0 amide bonds. The standard InChI is InChI=1S/C18H23N3O3S/c1-13-10-16(14(2)19-13)18(22)12-20-8-9-21(25(3,23)24)17-7-5-4-6-15(17)11-20/h4-7,10,19H,8-9,11-12H2,1-3H3. The number of aryl methyl sites for hydroxylation is 2. The maximum atomic E-state index is 12.7. The van der Waals surface area contributed by atoms with E-state index in [1.54, 1.807) is 0 Å². The van der Waals surface area contributed by atoms with E-state index in [0.717, 1.165) is 17.0 Å². The molecule has 3 rings (SSSR count). The van der Waals surface area contributed by atoms with Crippen LogP contribution in [0.25, 0.3) is 0 Å². The lowest BCUT2D eigenvalue weighted by molar-refractivity contribution is 0.0929. The smallest absolute Gasteiger partial charge is 0.232 e. The van der Waals surface area contributed by atoms with Gasteiger partial charge in [-0.25, -0.2) is 8.42 Å². The third kappa shape index (κ3) is 3.77. The third-order valence-electron chi connectivity index (χ3n) is 4.49. The van der Waals surface area contributed by atoms with Crippen molar-refractivity contribution in [3.8, 4) is 0 Å². The molecular formula is C18H23N3O3S. The number of nitrogens with zero attached hydrogens (tertiary/aromatic N) is 2. The second kappa shape index (κ2) is 6.65. The van der Waals surface area contributed by atoms with E-state index in [4.69, 9.17) is 0 Å². The number of aromatic amines is 1. The maximum absolute atomic E-state index is 12.7. The fraction of sp³-hybridized carbons (Fsp3) is 0.389. The van der Waals surface area contributed by atoms with Crippen molar-refractivity contribution >= 4 is 21.5 Å². The zero-order valence-electron chi connectivity index (χ0n) is 14.7. The average molecular weight is 361 g/mol. The fourth-order valence-corrected chi connectivity index (χ4v) is 4.29. The van der Waals surface area contributed by atoms with E-state index in [0.29, 0.717) is 30.9 Å². The highest BCUT2D eigenvalue weighted by atomic mass is 32.2. The molecule has 0 atom stereocenters. The lowest BCUT2D eigenvalue weighted by atomic mass is 10.1. The third-order valence-corrected chi connectivity index (χ3v) is 5.67. The van der Waals surface area contributed by atoms with E-state index >= 15 is 0 Å². The Hall–Kier alpha value is -2.12. The maximum Gasteiger partial charge on any atom is 0.232 e. The summed E-state index contributed by atoms with van der Waals surface area (Å²) in [6, 6.07) is 9.34. The van der Waals surface area contributed by atoms with Crippen LogP contribution in [0.5, 0.6) is 0 Å². The first-order valence-corrected chi connectivity index (χ1v) is 10.1. The molecule has 0 bridgehead atoms. The molecule has 1 aliphatic heterocycles. The topological polar surface area (TPSA) is 73.5 Å². The van der Waals surface area contributed by atoms with Crippen molar-refractivity contribution in [1.29, 1.82) is 0 Å². The molecule has 25 heavy (non-hydrogen) atoms. The van der Waals surface area contributed by atoms with Crippen molar-refractivity contribution in [3.63, 3.8) is 0 Å². The first-order valence-electron chi connectivity index (χ1n) is 8.23. The molecule has 1 aliphatic rings.